The summed E-state index contributed by atoms with van der Waals surface area (Å²) in [7, 11) is 0. The summed E-state index contributed by atoms with van der Waals surface area (Å²) in [5, 5.41) is 9.04. The standard InChI is InChI=1S/C15H13N3O2/c1-10-16-12-7-8-13(15(19)20)17-14(12)18(10)9-11-5-3-2-4-6-11/h2-8H,9H2,1H3,(H,19,20). The monoisotopic (exact) mass is 267 g/mol. The molecule has 3 aromatic rings. The smallest absolute Gasteiger partial charge is 0.354 e. The molecule has 20 heavy (non-hydrogen) atoms. The van der Waals surface area contributed by atoms with Crippen LogP contribution in [0.3, 0.4) is 0 Å². The van der Waals surface area contributed by atoms with Crippen LogP contribution < -0.4 is 0 Å². The minimum Gasteiger partial charge on any atom is -0.477 e. The largest absolute Gasteiger partial charge is 0.477 e. The molecule has 100 valence electrons. The van der Waals surface area contributed by atoms with E-state index in [0.29, 0.717) is 17.7 Å². The third kappa shape index (κ3) is 2.14. The van der Waals surface area contributed by atoms with Gasteiger partial charge in [-0.3, -0.25) is 0 Å². The van der Waals surface area contributed by atoms with Crippen LogP contribution in [0.2, 0.25) is 0 Å². The molecule has 5 heteroatoms. The van der Waals surface area contributed by atoms with E-state index in [1.54, 1.807) is 6.07 Å². The third-order valence-electron chi connectivity index (χ3n) is 3.19. The van der Waals surface area contributed by atoms with Crippen LogP contribution in [-0.2, 0) is 6.54 Å². The van der Waals surface area contributed by atoms with Crippen molar-refractivity contribution in [1.29, 1.82) is 0 Å². The summed E-state index contributed by atoms with van der Waals surface area (Å²) in [4.78, 5) is 19.6. The van der Waals surface area contributed by atoms with Crippen molar-refractivity contribution in [2.45, 2.75) is 13.5 Å². The van der Waals surface area contributed by atoms with Gasteiger partial charge in [-0.2, -0.15) is 0 Å². The van der Waals surface area contributed by atoms with E-state index in [9.17, 15) is 4.79 Å². The number of rotatable bonds is 3. The lowest BCUT2D eigenvalue weighted by molar-refractivity contribution is 0.0691. The number of carbonyl (C=O) groups is 1. The van der Waals surface area contributed by atoms with Crippen molar-refractivity contribution in [1.82, 2.24) is 14.5 Å². The van der Waals surface area contributed by atoms with Crippen molar-refractivity contribution in [2.24, 2.45) is 0 Å². The fourth-order valence-corrected chi connectivity index (χ4v) is 2.19. The topological polar surface area (TPSA) is 68.0 Å². The Hall–Kier alpha value is -2.69. The van der Waals surface area contributed by atoms with Crippen LogP contribution in [0.4, 0.5) is 0 Å². The molecule has 2 heterocycles. The predicted molar refractivity (Wildman–Crippen MR) is 74.8 cm³/mol. The molecule has 0 aliphatic heterocycles. The normalized spacial score (nSPS) is 10.8. The fraction of sp³-hybridized carbons (Fsp3) is 0.133. The zero-order valence-electron chi connectivity index (χ0n) is 10.9. The van der Waals surface area contributed by atoms with Gasteiger partial charge in [-0.1, -0.05) is 30.3 Å². The van der Waals surface area contributed by atoms with Gasteiger partial charge in [0.05, 0.1) is 6.54 Å². The molecule has 0 saturated heterocycles. The minimum atomic E-state index is -1.03. The maximum absolute atomic E-state index is 11.0. The Morgan fingerprint density at radius 2 is 1.90 bits per heavy atom. The lowest BCUT2D eigenvalue weighted by Gasteiger charge is -2.06. The number of benzene rings is 1. The van der Waals surface area contributed by atoms with E-state index in [2.05, 4.69) is 9.97 Å². The molecule has 0 aliphatic carbocycles. The molecule has 0 unspecified atom stereocenters. The second-order valence-electron chi connectivity index (χ2n) is 4.58. The number of hydrogen-bond acceptors (Lipinski definition) is 3. The molecule has 0 bridgehead atoms. The summed E-state index contributed by atoms with van der Waals surface area (Å²) < 4.78 is 1.93. The molecule has 0 saturated carbocycles. The van der Waals surface area contributed by atoms with Gasteiger partial charge in [0.15, 0.2) is 11.3 Å². The van der Waals surface area contributed by atoms with Gasteiger partial charge in [-0.05, 0) is 24.6 Å². The molecule has 0 spiro atoms. The van der Waals surface area contributed by atoms with Gasteiger partial charge in [0.2, 0.25) is 0 Å². The van der Waals surface area contributed by atoms with Gasteiger partial charge in [0.1, 0.15) is 11.3 Å². The van der Waals surface area contributed by atoms with Crippen LogP contribution >= 0.6 is 0 Å². The number of aryl methyl sites for hydroxylation is 1. The lowest BCUT2D eigenvalue weighted by Crippen LogP contribution is -2.05. The number of aromatic nitrogens is 3. The first-order valence-electron chi connectivity index (χ1n) is 6.26. The highest BCUT2D eigenvalue weighted by atomic mass is 16.4. The van der Waals surface area contributed by atoms with Crippen molar-refractivity contribution >= 4 is 17.1 Å². The van der Waals surface area contributed by atoms with Gasteiger partial charge in [-0.25, -0.2) is 14.8 Å². The molecular formula is C15H13N3O2. The van der Waals surface area contributed by atoms with Gasteiger partial charge in [0.25, 0.3) is 0 Å². The highest BCUT2D eigenvalue weighted by Crippen LogP contribution is 2.16. The maximum atomic E-state index is 11.0. The lowest BCUT2D eigenvalue weighted by atomic mass is 10.2. The van der Waals surface area contributed by atoms with E-state index in [-0.39, 0.29) is 5.69 Å². The predicted octanol–water partition coefficient (Wildman–Crippen LogP) is 2.49. The Bertz CT molecular complexity index is 778. The molecule has 0 atom stereocenters. The van der Waals surface area contributed by atoms with Crippen LogP contribution in [0.15, 0.2) is 42.5 Å². The van der Waals surface area contributed by atoms with E-state index in [1.807, 2.05) is 41.8 Å². The number of aromatic carboxylic acids is 1. The summed E-state index contributed by atoms with van der Waals surface area (Å²) in [6, 6.07) is 13.1. The van der Waals surface area contributed by atoms with E-state index >= 15 is 0 Å². The second kappa shape index (κ2) is 4.77. The Kier molecular flexibility index (Phi) is 2.95. The molecule has 1 N–H and O–H groups in total. The Morgan fingerprint density at radius 3 is 2.60 bits per heavy atom. The van der Waals surface area contributed by atoms with Gasteiger partial charge >= 0.3 is 5.97 Å². The SMILES string of the molecule is Cc1nc2ccc(C(=O)O)nc2n1Cc1ccccc1. The molecule has 0 fully saturated rings. The Morgan fingerprint density at radius 1 is 1.15 bits per heavy atom. The van der Waals surface area contributed by atoms with Crippen LogP contribution in [0.5, 0.6) is 0 Å². The average molecular weight is 267 g/mol. The summed E-state index contributed by atoms with van der Waals surface area (Å²) >= 11 is 0. The van der Waals surface area contributed by atoms with Gasteiger partial charge in [-0.15, -0.1) is 0 Å². The van der Waals surface area contributed by atoms with Crippen molar-refractivity contribution in [3.8, 4) is 0 Å². The van der Waals surface area contributed by atoms with Crippen LogP contribution in [0, 0.1) is 6.92 Å². The zero-order valence-corrected chi connectivity index (χ0v) is 10.9. The van der Waals surface area contributed by atoms with Crippen LogP contribution in [-0.4, -0.2) is 25.6 Å². The van der Waals surface area contributed by atoms with Crippen molar-refractivity contribution < 1.29 is 9.90 Å². The minimum absolute atomic E-state index is 0.0340. The van der Waals surface area contributed by atoms with Crippen molar-refractivity contribution in [3.63, 3.8) is 0 Å². The fourth-order valence-electron chi connectivity index (χ4n) is 2.19. The quantitative estimate of drug-likeness (QED) is 0.791. The third-order valence-corrected chi connectivity index (χ3v) is 3.19. The number of imidazole rings is 1. The first-order chi connectivity index (χ1) is 9.65. The molecule has 0 aliphatic rings. The molecule has 3 rings (SSSR count). The van der Waals surface area contributed by atoms with Crippen LogP contribution in [0.25, 0.3) is 11.2 Å². The van der Waals surface area contributed by atoms with E-state index in [1.165, 1.54) is 6.07 Å². The number of hydrogen-bond donors (Lipinski definition) is 1. The van der Waals surface area contributed by atoms with Crippen molar-refractivity contribution in [3.05, 3.63) is 59.5 Å². The van der Waals surface area contributed by atoms with E-state index in [0.717, 1.165) is 11.4 Å². The molecule has 1 aromatic carbocycles. The highest BCUT2D eigenvalue weighted by Gasteiger charge is 2.12. The number of pyridine rings is 1. The summed E-state index contributed by atoms with van der Waals surface area (Å²) in [6.45, 7) is 2.52. The average Bonchev–Trinajstić information content (AvgIpc) is 2.75. The maximum Gasteiger partial charge on any atom is 0.354 e. The van der Waals surface area contributed by atoms with E-state index < -0.39 is 5.97 Å². The van der Waals surface area contributed by atoms with Crippen LogP contribution in [0.1, 0.15) is 21.9 Å². The molecule has 0 amide bonds. The van der Waals surface area contributed by atoms with E-state index in [4.69, 9.17) is 5.11 Å². The van der Waals surface area contributed by atoms with Gasteiger partial charge < -0.3 is 9.67 Å². The molecule has 0 radical (unpaired) electrons. The first-order valence-corrected chi connectivity index (χ1v) is 6.26. The summed E-state index contributed by atoms with van der Waals surface area (Å²) in [5.74, 6) is -0.212. The number of carboxylic acids is 1. The first kappa shape index (κ1) is 12.3. The molecule has 2 aromatic heterocycles. The summed E-state index contributed by atoms with van der Waals surface area (Å²) in [5.41, 5.74) is 2.47. The zero-order chi connectivity index (χ0) is 14.1. The highest BCUT2D eigenvalue weighted by molar-refractivity contribution is 5.88. The van der Waals surface area contributed by atoms with Crippen molar-refractivity contribution in [2.75, 3.05) is 0 Å². The number of carboxylic acid groups (broad SMARTS) is 1. The number of fused-ring (bicyclic) bond motifs is 1. The Balaban J connectivity index is 2.11. The molecule has 5 nitrogen and oxygen atoms in total. The molecular weight excluding hydrogens is 254 g/mol. The summed E-state index contributed by atoms with van der Waals surface area (Å²) in [6.07, 6.45) is 0. The number of nitrogens with zero attached hydrogens (tertiary/aromatic N) is 3. The Labute approximate surface area is 115 Å². The van der Waals surface area contributed by atoms with Gasteiger partial charge in [0, 0.05) is 0 Å². The second-order valence-corrected chi connectivity index (χ2v) is 4.58.